The minimum Gasteiger partial charge on any atom is -0.497 e. The molecule has 0 aliphatic heterocycles. The molecule has 0 radical (unpaired) electrons. The number of rotatable bonds is 4. The first kappa shape index (κ1) is 17.2. The van der Waals surface area contributed by atoms with Crippen molar-refractivity contribution in [2.75, 3.05) is 7.11 Å². The van der Waals surface area contributed by atoms with E-state index in [1.54, 1.807) is 7.11 Å². The molecule has 2 aromatic carbocycles. The van der Waals surface area contributed by atoms with E-state index in [-0.39, 0.29) is 11.9 Å². The molecule has 128 valence electrons. The molecule has 0 aliphatic carbocycles. The van der Waals surface area contributed by atoms with Gasteiger partial charge in [0.15, 0.2) is 0 Å². The highest BCUT2D eigenvalue weighted by molar-refractivity contribution is 6.30. The van der Waals surface area contributed by atoms with Crippen molar-refractivity contribution in [1.82, 2.24) is 10.3 Å². The zero-order valence-electron chi connectivity index (χ0n) is 14.3. The summed E-state index contributed by atoms with van der Waals surface area (Å²) in [4.78, 5) is 17.2. The molecule has 0 fully saturated rings. The van der Waals surface area contributed by atoms with Gasteiger partial charge in [-0.2, -0.15) is 0 Å². The average Bonchev–Trinajstić information content (AvgIpc) is 2.60. The molecule has 0 spiro atoms. The number of pyridine rings is 1. The standard InChI is InChI=1S/C20H19ClN2O2/c1-12(14-5-4-6-16(21)9-14)23-20(24)18-10-15-7-8-17(25-3)11-19(15)22-13(18)2/h4-12H,1-3H3,(H,23,24). The molecule has 1 N–H and O–H groups in total. The van der Waals surface area contributed by atoms with E-state index in [0.717, 1.165) is 22.2 Å². The number of amides is 1. The van der Waals surface area contributed by atoms with Crippen molar-refractivity contribution >= 4 is 28.4 Å². The molecule has 1 amide bonds. The summed E-state index contributed by atoms with van der Waals surface area (Å²) in [6.45, 7) is 3.76. The van der Waals surface area contributed by atoms with Crippen molar-refractivity contribution in [1.29, 1.82) is 0 Å². The van der Waals surface area contributed by atoms with Crippen LogP contribution in [0.25, 0.3) is 10.9 Å². The monoisotopic (exact) mass is 354 g/mol. The number of halogens is 1. The first-order valence-corrected chi connectivity index (χ1v) is 8.37. The van der Waals surface area contributed by atoms with Crippen molar-refractivity contribution in [2.45, 2.75) is 19.9 Å². The van der Waals surface area contributed by atoms with Crippen molar-refractivity contribution < 1.29 is 9.53 Å². The number of aromatic nitrogens is 1. The number of hydrogen-bond acceptors (Lipinski definition) is 3. The second kappa shape index (κ2) is 7.11. The summed E-state index contributed by atoms with van der Waals surface area (Å²) in [5.41, 5.74) is 3.00. The van der Waals surface area contributed by atoms with Crippen LogP contribution in [0.15, 0.2) is 48.5 Å². The number of fused-ring (bicyclic) bond motifs is 1. The molecule has 1 heterocycles. The SMILES string of the molecule is COc1ccc2cc(C(=O)NC(C)c3cccc(Cl)c3)c(C)nc2c1. The van der Waals surface area contributed by atoms with Crippen molar-refractivity contribution in [3.8, 4) is 5.75 Å². The third kappa shape index (κ3) is 3.74. The van der Waals surface area contributed by atoms with Crippen LogP contribution < -0.4 is 10.1 Å². The van der Waals surface area contributed by atoms with Crippen molar-refractivity contribution in [3.05, 3.63) is 70.4 Å². The number of nitrogens with zero attached hydrogens (tertiary/aromatic N) is 1. The highest BCUT2D eigenvalue weighted by Gasteiger charge is 2.15. The lowest BCUT2D eigenvalue weighted by Crippen LogP contribution is -2.27. The molecule has 3 rings (SSSR count). The molecule has 25 heavy (non-hydrogen) atoms. The number of methoxy groups -OCH3 is 1. The summed E-state index contributed by atoms with van der Waals surface area (Å²) in [6.07, 6.45) is 0. The van der Waals surface area contributed by atoms with Gasteiger partial charge < -0.3 is 10.1 Å². The van der Waals surface area contributed by atoms with Crippen LogP contribution in [-0.4, -0.2) is 18.0 Å². The summed E-state index contributed by atoms with van der Waals surface area (Å²) >= 11 is 6.02. The lowest BCUT2D eigenvalue weighted by atomic mass is 10.1. The Kier molecular flexibility index (Phi) is 4.91. The maximum absolute atomic E-state index is 12.7. The molecule has 0 saturated heterocycles. The highest BCUT2D eigenvalue weighted by Crippen LogP contribution is 2.23. The second-order valence-corrected chi connectivity index (χ2v) is 6.37. The molecule has 0 bridgehead atoms. The van der Waals surface area contributed by atoms with Gasteiger partial charge in [0.2, 0.25) is 0 Å². The van der Waals surface area contributed by atoms with Gasteiger partial charge in [0.25, 0.3) is 5.91 Å². The lowest BCUT2D eigenvalue weighted by Gasteiger charge is -2.16. The van der Waals surface area contributed by atoms with E-state index in [9.17, 15) is 4.79 Å². The fourth-order valence-electron chi connectivity index (χ4n) is 2.73. The van der Waals surface area contributed by atoms with E-state index in [0.29, 0.717) is 16.3 Å². The quantitative estimate of drug-likeness (QED) is 0.739. The minimum atomic E-state index is -0.157. The second-order valence-electron chi connectivity index (χ2n) is 5.93. The van der Waals surface area contributed by atoms with Gasteiger partial charge in [-0.3, -0.25) is 9.78 Å². The number of ether oxygens (including phenoxy) is 1. The Hall–Kier alpha value is -2.59. The summed E-state index contributed by atoms with van der Waals surface area (Å²) < 4.78 is 5.22. The van der Waals surface area contributed by atoms with Crippen LogP contribution in [-0.2, 0) is 0 Å². The number of carbonyl (C=O) groups excluding carboxylic acids is 1. The normalized spacial score (nSPS) is 12.0. The van der Waals surface area contributed by atoms with E-state index >= 15 is 0 Å². The minimum absolute atomic E-state index is 0.155. The van der Waals surface area contributed by atoms with E-state index in [4.69, 9.17) is 16.3 Å². The van der Waals surface area contributed by atoms with Crippen LogP contribution in [0, 0.1) is 6.92 Å². The molecule has 1 unspecified atom stereocenters. The third-order valence-corrected chi connectivity index (χ3v) is 4.39. The Morgan fingerprint density at radius 3 is 2.72 bits per heavy atom. The van der Waals surface area contributed by atoms with E-state index in [1.165, 1.54) is 0 Å². The number of carbonyl (C=O) groups is 1. The molecule has 0 saturated carbocycles. The van der Waals surface area contributed by atoms with Gasteiger partial charge in [0.1, 0.15) is 5.75 Å². The first-order valence-electron chi connectivity index (χ1n) is 7.99. The van der Waals surface area contributed by atoms with Gasteiger partial charge in [0, 0.05) is 16.5 Å². The molecule has 4 nitrogen and oxygen atoms in total. The topological polar surface area (TPSA) is 51.2 Å². The molecule has 5 heteroatoms. The largest absolute Gasteiger partial charge is 0.497 e. The number of aryl methyl sites for hydroxylation is 1. The fraction of sp³-hybridized carbons (Fsp3) is 0.200. The zero-order chi connectivity index (χ0) is 18.0. The van der Waals surface area contributed by atoms with Crippen LogP contribution in [0.3, 0.4) is 0 Å². The zero-order valence-corrected chi connectivity index (χ0v) is 15.1. The Labute approximate surface area is 151 Å². The summed E-state index contributed by atoms with van der Waals surface area (Å²) in [6, 6.07) is 14.8. The maximum atomic E-state index is 12.7. The molecule has 0 aliphatic rings. The predicted octanol–water partition coefficient (Wildman–Crippen LogP) is 4.70. The van der Waals surface area contributed by atoms with Crippen LogP contribution in [0.4, 0.5) is 0 Å². The Bertz CT molecular complexity index is 940. The summed E-state index contributed by atoms with van der Waals surface area (Å²) in [7, 11) is 1.62. The fourth-order valence-corrected chi connectivity index (χ4v) is 2.93. The van der Waals surface area contributed by atoms with Gasteiger partial charge in [0.05, 0.1) is 29.9 Å². The number of benzene rings is 2. The summed E-state index contributed by atoms with van der Waals surface area (Å²) in [5.74, 6) is 0.585. The van der Waals surface area contributed by atoms with Crippen LogP contribution >= 0.6 is 11.6 Å². The van der Waals surface area contributed by atoms with Gasteiger partial charge >= 0.3 is 0 Å². The molecule has 1 aromatic heterocycles. The van der Waals surface area contributed by atoms with Crippen molar-refractivity contribution in [3.63, 3.8) is 0 Å². The first-order chi connectivity index (χ1) is 12.0. The van der Waals surface area contributed by atoms with Crippen LogP contribution in [0.1, 0.15) is 34.6 Å². The Morgan fingerprint density at radius 1 is 1.20 bits per heavy atom. The third-order valence-electron chi connectivity index (χ3n) is 4.16. The molecule has 1 atom stereocenters. The van der Waals surface area contributed by atoms with E-state index in [2.05, 4.69) is 10.3 Å². The number of hydrogen-bond donors (Lipinski definition) is 1. The molecular weight excluding hydrogens is 336 g/mol. The van der Waals surface area contributed by atoms with Gasteiger partial charge in [-0.1, -0.05) is 23.7 Å². The van der Waals surface area contributed by atoms with Crippen LogP contribution in [0.2, 0.25) is 5.02 Å². The molecular formula is C20H19ClN2O2. The van der Waals surface area contributed by atoms with Crippen LogP contribution in [0.5, 0.6) is 5.75 Å². The predicted molar refractivity (Wildman–Crippen MR) is 100 cm³/mol. The van der Waals surface area contributed by atoms with Gasteiger partial charge in [-0.15, -0.1) is 0 Å². The van der Waals surface area contributed by atoms with E-state index < -0.39 is 0 Å². The van der Waals surface area contributed by atoms with Gasteiger partial charge in [-0.05, 0) is 49.7 Å². The summed E-state index contributed by atoms with van der Waals surface area (Å²) in [5, 5.41) is 4.55. The maximum Gasteiger partial charge on any atom is 0.253 e. The Morgan fingerprint density at radius 2 is 2.00 bits per heavy atom. The lowest BCUT2D eigenvalue weighted by molar-refractivity contribution is 0.0939. The van der Waals surface area contributed by atoms with E-state index in [1.807, 2.05) is 62.4 Å². The number of nitrogens with one attached hydrogen (secondary N) is 1. The average molecular weight is 355 g/mol. The Balaban J connectivity index is 1.87. The van der Waals surface area contributed by atoms with Gasteiger partial charge in [-0.25, -0.2) is 0 Å². The smallest absolute Gasteiger partial charge is 0.253 e. The highest BCUT2D eigenvalue weighted by atomic mass is 35.5. The van der Waals surface area contributed by atoms with Crippen molar-refractivity contribution in [2.24, 2.45) is 0 Å². The molecule has 3 aromatic rings.